The molecular weight excluding hydrogens is 180 g/mol. The van der Waals surface area contributed by atoms with E-state index in [1.54, 1.807) is 0 Å². The lowest BCUT2D eigenvalue weighted by Gasteiger charge is -1.96. The Hall–Kier alpha value is -1.09. The van der Waals surface area contributed by atoms with Gasteiger partial charge in [-0.05, 0) is 18.6 Å². The van der Waals surface area contributed by atoms with E-state index in [2.05, 4.69) is 28.6 Å². The van der Waals surface area contributed by atoms with Crippen LogP contribution in [0.4, 0.5) is 0 Å². The molecule has 0 atom stereocenters. The number of aromatic nitrogens is 2. The molecule has 0 aliphatic heterocycles. The molecule has 0 aliphatic rings. The predicted octanol–water partition coefficient (Wildman–Crippen LogP) is 2.56. The number of rotatable bonds is 3. The van der Waals surface area contributed by atoms with Gasteiger partial charge in [0.2, 0.25) is 0 Å². The largest absolute Gasteiger partial charge is 0.332 e. The molecule has 13 heavy (non-hydrogen) atoms. The van der Waals surface area contributed by atoms with Gasteiger partial charge in [-0.25, -0.2) is 4.98 Å². The van der Waals surface area contributed by atoms with E-state index in [4.69, 9.17) is 0 Å². The number of hydrogen-bond acceptors (Lipinski definition) is 2. The van der Waals surface area contributed by atoms with Crippen LogP contribution in [0.2, 0.25) is 0 Å². The van der Waals surface area contributed by atoms with Gasteiger partial charge in [0, 0.05) is 22.1 Å². The zero-order chi connectivity index (χ0) is 9.10. The van der Waals surface area contributed by atoms with E-state index in [9.17, 15) is 0 Å². The van der Waals surface area contributed by atoms with Crippen molar-refractivity contribution in [3.05, 3.63) is 40.6 Å². The van der Waals surface area contributed by atoms with Crippen molar-refractivity contribution in [2.24, 2.45) is 0 Å². The smallest absolute Gasteiger partial charge is 0.0949 e. The third-order valence-corrected chi connectivity index (χ3v) is 3.18. The number of thiophene rings is 1. The van der Waals surface area contributed by atoms with Crippen molar-refractivity contribution < 1.29 is 0 Å². The summed E-state index contributed by atoms with van der Waals surface area (Å²) in [5.41, 5.74) is 0. The minimum absolute atomic E-state index is 0.949. The third-order valence-electron chi connectivity index (χ3n) is 1.96. The molecule has 0 aliphatic carbocycles. The van der Waals surface area contributed by atoms with Crippen LogP contribution in [0.3, 0.4) is 0 Å². The number of aryl methyl sites for hydroxylation is 1. The van der Waals surface area contributed by atoms with E-state index in [0.717, 1.165) is 13.0 Å². The minimum atomic E-state index is 0.949. The third kappa shape index (κ3) is 1.98. The highest BCUT2D eigenvalue weighted by Gasteiger charge is 1.98. The average Bonchev–Trinajstić information content (AvgIpc) is 2.76. The van der Waals surface area contributed by atoms with Crippen LogP contribution in [-0.2, 0) is 13.0 Å². The van der Waals surface area contributed by atoms with Crippen molar-refractivity contribution >= 4 is 11.3 Å². The summed E-state index contributed by atoms with van der Waals surface area (Å²) in [4.78, 5) is 6.86. The Bertz CT molecular complexity index is 362. The van der Waals surface area contributed by atoms with Crippen molar-refractivity contribution in [1.29, 1.82) is 0 Å². The Labute approximate surface area is 81.9 Å². The second-order valence-corrected chi connectivity index (χ2v) is 4.21. The molecule has 0 fully saturated rings. The normalized spacial score (nSPS) is 10.5. The van der Waals surface area contributed by atoms with Gasteiger partial charge in [-0.1, -0.05) is 6.92 Å². The fourth-order valence-electron chi connectivity index (χ4n) is 1.26. The highest BCUT2D eigenvalue weighted by atomic mass is 32.1. The summed E-state index contributed by atoms with van der Waals surface area (Å²) >= 11 is 1.88. The van der Waals surface area contributed by atoms with E-state index in [1.807, 2.05) is 30.1 Å². The fourth-order valence-corrected chi connectivity index (χ4v) is 2.22. The monoisotopic (exact) mass is 192 g/mol. The second-order valence-electron chi connectivity index (χ2n) is 2.96. The summed E-state index contributed by atoms with van der Waals surface area (Å²) < 4.78 is 2.09. The zero-order valence-corrected chi connectivity index (χ0v) is 8.42. The number of imidazole rings is 1. The highest BCUT2D eigenvalue weighted by molar-refractivity contribution is 7.11. The van der Waals surface area contributed by atoms with Gasteiger partial charge in [0.15, 0.2) is 0 Å². The van der Waals surface area contributed by atoms with Crippen LogP contribution in [0.25, 0.3) is 0 Å². The Balaban J connectivity index is 2.10. The van der Waals surface area contributed by atoms with Gasteiger partial charge >= 0.3 is 0 Å². The summed E-state index contributed by atoms with van der Waals surface area (Å²) in [6.45, 7) is 3.14. The number of nitrogens with zero attached hydrogens (tertiary/aromatic N) is 2. The van der Waals surface area contributed by atoms with E-state index < -0.39 is 0 Å². The molecule has 0 bridgehead atoms. The molecule has 68 valence electrons. The first-order chi connectivity index (χ1) is 6.38. The van der Waals surface area contributed by atoms with Crippen molar-refractivity contribution in [3.63, 3.8) is 0 Å². The first kappa shape index (κ1) is 8.51. The summed E-state index contributed by atoms with van der Waals surface area (Å²) in [7, 11) is 0. The Morgan fingerprint density at radius 3 is 2.85 bits per heavy atom. The van der Waals surface area contributed by atoms with Gasteiger partial charge in [-0.3, -0.25) is 0 Å². The maximum absolute atomic E-state index is 4.01. The molecular formula is C10H12N2S. The molecule has 2 aromatic heterocycles. The molecule has 2 heterocycles. The summed E-state index contributed by atoms with van der Waals surface area (Å²) in [6, 6.07) is 4.40. The summed E-state index contributed by atoms with van der Waals surface area (Å²) in [6.07, 6.45) is 6.79. The van der Waals surface area contributed by atoms with Gasteiger partial charge < -0.3 is 4.57 Å². The van der Waals surface area contributed by atoms with Crippen LogP contribution in [0, 0.1) is 0 Å². The van der Waals surface area contributed by atoms with Gasteiger partial charge in [0.25, 0.3) is 0 Å². The van der Waals surface area contributed by atoms with Crippen molar-refractivity contribution in [1.82, 2.24) is 9.55 Å². The maximum atomic E-state index is 4.01. The maximum Gasteiger partial charge on any atom is 0.0949 e. The quantitative estimate of drug-likeness (QED) is 0.730. The molecule has 2 aromatic rings. The van der Waals surface area contributed by atoms with Crippen molar-refractivity contribution in [2.45, 2.75) is 19.9 Å². The molecule has 3 heteroatoms. The molecule has 0 N–H and O–H groups in total. The fraction of sp³-hybridized carbons (Fsp3) is 0.300. The van der Waals surface area contributed by atoms with E-state index >= 15 is 0 Å². The Kier molecular flexibility index (Phi) is 2.45. The summed E-state index contributed by atoms with van der Waals surface area (Å²) in [5.74, 6) is 0. The van der Waals surface area contributed by atoms with Crippen LogP contribution >= 0.6 is 11.3 Å². The average molecular weight is 192 g/mol. The second kappa shape index (κ2) is 3.75. The molecule has 0 saturated carbocycles. The first-order valence-corrected chi connectivity index (χ1v) is 5.23. The standard InChI is InChI=1S/C10H12N2S/c1-2-9-3-4-10(13-9)7-12-6-5-11-8-12/h3-6,8H,2,7H2,1H3. The Morgan fingerprint density at radius 1 is 1.38 bits per heavy atom. The first-order valence-electron chi connectivity index (χ1n) is 4.42. The SMILES string of the molecule is CCc1ccc(Cn2ccnc2)s1. The lowest BCUT2D eigenvalue weighted by molar-refractivity contribution is 0.810. The van der Waals surface area contributed by atoms with E-state index in [0.29, 0.717) is 0 Å². The molecule has 2 rings (SSSR count). The van der Waals surface area contributed by atoms with Crippen LogP contribution in [-0.4, -0.2) is 9.55 Å². The van der Waals surface area contributed by atoms with Crippen LogP contribution in [0.1, 0.15) is 16.7 Å². The van der Waals surface area contributed by atoms with Crippen LogP contribution in [0.5, 0.6) is 0 Å². The van der Waals surface area contributed by atoms with Crippen molar-refractivity contribution in [2.75, 3.05) is 0 Å². The molecule has 0 saturated heterocycles. The van der Waals surface area contributed by atoms with E-state index in [1.165, 1.54) is 9.75 Å². The Morgan fingerprint density at radius 2 is 2.23 bits per heavy atom. The van der Waals surface area contributed by atoms with Crippen LogP contribution < -0.4 is 0 Å². The lowest BCUT2D eigenvalue weighted by Crippen LogP contribution is -1.92. The van der Waals surface area contributed by atoms with Gasteiger partial charge in [-0.2, -0.15) is 0 Å². The molecule has 0 amide bonds. The molecule has 0 spiro atoms. The molecule has 0 unspecified atom stereocenters. The molecule has 2 nitrogen and oxygen atoms in total. The minimum Gasteiger partial charge on any atom is -0.332 e. The number of hydrogen-bond donors (Lipinski definition) is 0. The molecule has 0 aromatic carbocycles. The highest BCUT2D eigenvalue weighted by Crippen LogP contribution is 2.17. The van der Waals surface area contributed by atoms with Crippen LogP contribution in [0.15, 0.2) is 30.9 Å². The topological polar surface area (TPSA) is 17.8 Å². The van der Waals surface area contributed by atoms with Gasteiger partial charge in [-0.15, -0.1) is 11.3 Å². The van der Waals surface area contributed by atoms with Gasteiger partial charge in [0.05, 0.1) is 12.9 Å². The predicted molar refractivity (Wildman–Crippen MR) is 55.0 cm³/mol. The molecule has 0 radical (unpaired) electrons. The van der Waals surface area contributed by atoms with E-state index in [-0.39, 0.29) is 0 Å². The summed E-state index contributed by atoms with van der Waals surface area (Å²) in [5, 5.41) is 0. The zero-order valence-electron chi connectivity index (χ0n) is 7.60. The lowest BCUT2D eigenvalue weighted by atomic mass is 10.3. The van der Waals surface area contributed by atoms with Gasteiger partial charge in [0.1, 0.15) is 0 Å². The van der Waals surface area contributed by atoms with Crippen molar-refractivity contribution in [3.8, 4) is 0 Å².